The number of amides is 1. The number of nitrogens with one attached hydrogen (secondary N) is 1. The minimum Gasteiger partial charge on any atom is -0.311 e. The monoisotopic (exact) mass is 490 g/mol. The second-order valence-electron chi connectivity index (χ2n) is 8.38. The Kier molecular flexibility index (Phi) is 5.85. The standard InChI is InChI=1S/C28H22N6OS/c35-26(18-34-27-23(16-29-34)15-22-13-7-8-14-24(22)30-27)31-32-28-33(17-20-9-3-1-4-10-20)25(19-36-28)21-11-5-2-6-12-21/h1-16,19H,17-18H2,(H,31,35)/b32-28-. The van der Waals surface area contributed by atoms with Gasteiger partial charge in [-0.3, -0.25) is 4.79 Å². The molecule has 1 N–H and O–H groups in total. The van der Waals surface area contributed by atoms with Crippen LogP contribution >= 0.6 is 11.3 Å². The highest BCUT2D eigenvalue weighted by atomic mass is 32.1. The van der Waals surface area contributed by atoms with Gasteiger partial charge in [-0.1, -0.05) is 78.9 Å². The number of carbonyl (C=O) groups excluding carboxylic acids is 1. The van der Waals surface area contributed by atoms with Crippen LogP contribution < -0.4 is 10.2 Å². The molecule has 0 atom stereocenters. The van der Waals surface area contributed by atoms with Crippen LogP contribution in [-0.2, 0) is 17.9 Å². The van der Waals surface area contributed by atoms with Crippen LogP contribution in [0.1, 0.15) is 5.56 Å². The van der Waals surface area contributed by atoms with Gasteiger partial charge in [0.05, 0.1) is 24.0 Å². The van der Waals surface area contributed by atoms with Crippen LogP contribution in [-0.4, -0.2) is 25.2 Å². The zero-order valence-electron chi connectivity index (χ0n) is 19.3. The van der Waals surface area contributed by atoms with E-state index in [-0.39, 0.29) is 12.5 Å². The minimum atomic E-state index is -0.268. The SMILES string of the molecule is O=C(Cn1ncc2cc3ccccc3nc21)N/N=c1\scc(-c2ccccc2)n1Cc1ccccc1. The first kappa shape index (κ1) is 21.9. The Labute approximate surface area is 211 Å². The number of carbonyl (C=O) groups is 1. The largest absolute Gasteiger partial charge is 0.311 e. The Morgan fingerprint density at radius 1 is 0.917 bits per heavy atom. The number of para-hydroxylation sites is 1. The maximum Gasteiger partial charge on any atom is 0.261 e. The normalized spacial score (nSPS) is 11.8. The van der Waals surface area contributed by atoms with E-state index in [4.69, 9.17) is 4.98 Å². The highest BCUT2D eigenvalue weighted by molar-refractivity contribution is 7.07. The fourth-order valence-electron chi connectivity index (χ4n) is 4.18. The molecule has 8 heteroatoms. The van der Waals surface area contributed by atoms with Crippen LogP contribution in [0, 0.1) is 0 Å². The fraction of sp³-hybridized carbons (Fsp3) is 0.0714. The van der Waals surface area contributed by atoms with Crippen molar-refractivity contribution < 1.29 is 4.79 Å². The van der Waals surface area contributed by atoms with E-state index in [1.165, 1.54) is 11.3 Å². The summed E-state index contributed by atoms with van der Waals surface area (Å²) in [6, 6.07) is 30.3. The number of hydrogen-bond acceptors (Lipinski definition) is 5. The molecule has 3 aromatic heterocycles. The Morgan fingerprint density at radius 3 is 2.50 bits per heavy atom. The van der Waals surface area contributed by atoms with Crippen LogP contribution in [0.2, 0.25) is 0 Å². The van der Waals surface area contributed by atoms with Crippen molar-refractivity contribution in [1.82, 2.24) is 24.8 Å². The number of nitrogens with zero attached hydrogens (tertiary/aromatic N) is 5. The molecule has 6 rings (SSSR count). The molecule has 0 fully saturated rings. The van der Waals surface area contributed by atoms with Crippen LogP contribution in [0.4, 0.5) is 0 Å². The van der Waals surface area contributed by atoms with E-state index in [1.54, 1.807) is 10.9 Å². The molecule has 0 spiro atoms. The molecule has 0 aliphatic rings. The molecule has 3 heterocycles. The molecule has 0 aliphatic carbocycles. The molecule has 1 amide bonds. The molecule has 3 aromatic carbocycles. The van der Waals surface area contributed by atoms with Gasteiger partial charge in [-0.15, -0.1) is 16.4 Å². The molecule has 0 saturated heterocycles. The maximum absolute atomic E-state index is 12.8. The first-order valence-electron chi connectivity index (χ1n) is 11.6. The highest BCUT2D eigenvalue weighted by Crippen LogP contribution is 2.21. The molecule has 0 radical (unpaired) electrons. The molecule has 0 aliphatic heterocycles. The maximum atomic E-state index is 12.8. The topological polar surface area (TPSA) is 77.1 Å². The van der Waals surface area contributed by atoms with E-state index in [0.29, 0.717) is 17.0 Å². The lowest BCUT2D eigenvalue weighted by atomic mass is 10.1. The Morgan fingerprint density at radius 2 is 1.67 bits per heavy atom. The summed E-state index contributed by atoms with van der Waals surface area (Å²) in [5, 5.41) is 12.9. The van der Waals surface area contributed by atoms with Crippen molar-refractivity contribution in [2.24, 2.45) is 5.10 Å². The third kappa shape index (κ3) is 4.42. The third-order valence-corrected chi connectivity index (χ3v) is 6.80. The summed E-state index contributed by atoms with van der Waals surface area (Å²) in [4.78, 5) is 18.2. The molecule has 0 bridgehead atoms. The van der Waals surface area contributed by atoms with Gasteiger partial charge >= 0.3 is 0 Å². The second-order valence-corrected chi connectivity index (χ2v) is 9.22. The van der Waals surface area contributed by atoms with Crippen LogP contribution in [0.3, 0.4) is 0 Å². The van der Waals surface area contributed by atoms with Crippen LogP contribution in [0.15, 0.2) is 108 Å². The first-order valence-corrected chi connectivity index (χ1v) is 12.4. The van der Waals surface area contributed by atoms with Crippen molar-refractivity contribution in [3.63, 3.8) is 0 Å². The van der Waals surface area contributed by atoms with Crippen molar-refractivity contribution in [2.45, 2.75) is 13.1 Å². The van der Waals surface area contributed by atoms with Gasteiger partial charge < -0.3 is 4.57 Å². The van der Waals surface area contributed by atoms with E-state index in [0.717, 1.165) is 33.1 Å². The molecular formula is C28H22N6OS. The third-order valence-electron chi connectivity index (χ3n) is 5.93. The van der Waals surface area contributed by atoms with Crippen molar-refractivity contribution >= 4 is 39.2 Å². The van der Waals surface area contributed by atoms with E-state index in [1.807, 2.05) is 66.7 Å². The minimum absolute atomic E-state index is 0.0218. The van der Waals surface area contributed by atoms with Gasteiger partial charge in [-0.25, -0.2) is 15.1 Å². The van der Waals surface area contributed by atoms with E-state index in [2.05, 4.69) is 49.8 Å². The molecule has 0 unspecified atom stereocenters. The number of fused-ring (bicyclic) bond motifs is 2. The van der Waals surface area contributed by atoms with E-state index >= 15 is 0 Å². The van der Waals surface area contributed by atoms with Gasteiger partial charge in [0.1, 0.15) is 6.54 Å². The second kappa shape index (κ2) is 9.59. The van der Waals surface area contributed by atoms with Gasteiger partial charge in [-0.2, -0.15) is 5.10 Å². The summed E-state index contributed by atoms with van der Waals surface area (Å²) in [7, 11) is 0. The van der Waals surface area contributed by atoms with Gasteiger partial charge in [0.25, 0.3) is 5.91 Å². The van der Waals surface area contributed by atoms with Gasteiger partial charge in [0.2, 0.25) is 4.80 Å². The number of thiazole rings is 1. The van der Waals surface area contributed by atoms with Crippen molar-refractivity contribution in [1.29, 1.82) is 0 Å². The quantitative estimate of drug-likeness (QED) is 0.341. The Hall–Kier alpha value is -4.56. The summed E-state index contributed by atoms with van der Waals surface area (Å²) < 4.78 is 3.72. The number of hydrogen-bond donors (Lipinski definition) is 1. The Bertz CT molecular complexity index is 1730. The summed E-state index contributed by atoms with van der Waals surface area (Å²) in [6.07, 6.45) is 1.73. The molecule has 0 saturated carbocycles. The first-order chi connectivity index (χ1) is 17.7. The summed E-state index contributed by atoms with van der Waals surface area (Å²) in [6.45, 7) is 0.665. The van der Waals surface area contributed by atoms with Gasteiger partial charge in [0.15, 0.2) is 5.65 Å². The summed E-state index contributed by atoms with van der Waals surface area (Å²) in [5.74, 6) is -0.268. The summed E-state index contributed by atoms with van der Waals surface area (Å²) >= 11 is 1.49. The molecule has 6 aromatic rings. The number of rotatable bonds is 6. The van der Waals surface area contributed by atoms with E-state index < -0.39 is 0 Å². The average Bonchev–Trinajstić information content (AvgIpc) is 3.50. The van der Waals surface area contributed by atoms with Crippen LogP contribution in [0.5, 0.6) is 0 Å². The van der Waals surface area contributed by atoms with Gasteiger partial charge in [0, 0.05) is 16.2 Å². The van der Waals surface area contributed by atoms with Crippen LogP contribution in [0.25, 0.3) is 33.2 Å². The zero-order valence-corrected chi connectivity index (χ0v) is 20.1. The predicted molar refractivity (Wildman–Crippen MR) is 142 cm³/mol. The molecule has 36 heavy (non-hydrogen) atoms. The smallest absolute Gasteiger partial charge is 0.261 e. The number of pyridine rings is 1. The lowest BCUT2D eigenvalue weighted by Gasteiger charge is -2.09. The van der Waals surface area contributed by atoms with Gasteiger partial charge in [-0.05, 0) is 23.3 Å². The lowest BCUT2D eigenvalue weighted by molar-refractivity contribution is -0.121. The zero-order chi connectivity index (χ0) is 24.3. The molecular weight excluding hydrogens is 468 g/mol. The fourth-order valence-corrected chi connectivity index (χ4v) is 5.05. The predicted octanol–water partition coefficient (Wildman–Crippen LogP) is 4.79. The average molecular weight is 491 g/mol. The molecule has 7 nitrogen and oxygen atoms in total. The van der Waals surface area contributed by atoms with Crippen molar-refractivity contribution in [3.05, 3.63) is 113 Å². The lowest BCUT2D eigenvalue weighted by Crippen LogP contribution is -2.28. The number of aromatic nitrogens is 4. The van der Waals surface area contributed by atoms with Crippen molar-refractivity contribution in [2.75, 3.05) is 0 Å². The highest BCUT2D eigenvalue weighted by Gasteiger charge is 2.12. The molecule has 176 valence electrons. The summed E-state index contributed by atoms with van der Waals surface area (Å²) in [5.41, 5.74) is 7.55. The number of benzene rings is 3. The van der Waals surface area contributed by atoms with E-state index in [9.17, 15) is 4.79 Å². The Balaban J connectivity index is 1.28. The van der Waals surface area contributed by atoms with Crippen molar-refractivity contribution in [3.8, 4) is 11.3 Å².